The number of nitrogens with one attached hydrogen (secondary N) is 5. The van der Waals surface area contributed by atoms with Crippen LogP contribution in [0, 0.1) is 11.8 Å². The first kappa shape index (κ1) is 70.0. The summed E-state index contributed by atoms with van der Waals surface area (Å²) in [5.74, 6) is -3.40. The summed E-state index contributed by atoms with van der Waals surface area (Å²) in [6.45, 7) is 12.6. The summed E-state index contributed by atoms with van der Waals surface area (Å²) in [7, 11) is 0. The summed E-state index contributed by atoms with van der Waals surface area (Å²) in [6.07, 6.45) is 1.98. The number of esters is 1. The van der Waals surface area contributed by atoms with Crippen molar-refractivity contribution in [2.75, 3.05) is 84.6 Å². The number of aromatic nitrogens is 2. The molecule has 3 atom stereocenters. The lowest BCUT2D eigenvalue weighted by molar-refractivity contribution is -0.172. The molecule has 0 aliphatic carbocycles. The maximum atomic E-state index is 14.1. The standard InChI is InChI=1S/C65H82N8O20/c1-7-65(84)47-32-49-58-45(35-73(49)60(80)46(47)37-89-61(65)81)44(43-31-51-52(92-38-91-51)33-48(43)70-58)34-68-62(82)90-36-40-11-13-42(14-12-40)69-59(79)41(10-8-9-19-67-63(83)93-64(4,5)6)30-50(74)57(39(2)3)71-54(76)18-22-85-24-26-87-28-29-88-27-25-86-23-20-66-53(75)17-21-72-55(77)15-16-56(72)78/h11-16,31-33,39,41,57,84H,7-10,17-30,34-38H2,1-6H3,(H,66,75)(H,67,83)(H,68,82)(H,69,79)(H,71,76)/t41-,57+,65+/m1/s1. The quantitative estimate of drug-likeness (QED) is 0.0141. The summed E-state index contributed by atoms with van der Waals surface area (Å²) in [5.41, 5.74) is 0.737. The number of rotatable bonds is 35. The summed E-state index contributed by atoms with van der Waals surface area (Å²) < 4.78 is 51.1. The Morgan fingerprint density at radius 1 is 0.753 bits per heavy atom. The van der Waals surface area contributed by atoms with Gasteiger partial charge in [0.15, 0.2) is 22.9 Å². The Labute approximate surface area is 537 Å². The summed E-state index contributed by atoms with van der Waals surface area (Å²) >= 11 is 0. The van der Waals surface area contributed by atoms with Crippen LogP contribution in [0.4, 0.5) is 15.3 Å². The molecule has 4 aliphatic heterocycles. The monoisotopic (exact) mass is 1290 g/mol. The zero-order chi connectivity index (χ0) is 66.8. The lowest BCUT2D eigenvalue weighted by Gasteiger charge is -2.31. The highest BCUT2D eigenvalue weighted by atomic mass is 16.7. The average Bonchev–Trinajstić information content (AvgIpc) is 1.62. The third-order valence-corrected chi connectivity index (χ3v) is 15.7. The molecule has 0 bridgehead atoms. The number of amides is 7. The van der Waals surface area contributed by atoms with Gasteiger partial charge in [-0.1, -0.05) is 39.3 Å². The zero-order valence-electron chi connectivity index (χ0n) is 53.2. The van der Waals surface area contributed by atoms with Crippen LogP contribution in [0.5, 0.6) is 11.5 Å². The van der Waals surface area contributed by atoms with Crippen molar-refractivity contribution in [3.05, 3.63) is 92.8 Å². The Morgan fingerprint density at radius 3 is 2.09 bits per heavy atom. The number of ketones is 1. The molecule has 0 saturated heterocycles. The van der Waals surface area contributed by atoms with Gasteiger partial charge in [-0.25, -0.2) is 19.4 Å². The van der Waals surface area contributed by atoms with Gasteiger partial charge in [0.25, 0.3) is 17.4 Å². The Bertz CT molecular complexity index is 3490. The predicted octanol–water partition coefficient (Wildman–Crippen LogP) is 4.47. The molecule has 502 valence electrons. The van der Waals surface area contributed by atoms with E-state index in [0.29, 0.717) is 95.4 Å². The molecule has 6 N–H and O–H groups in total. The van der Waals surface area contributed by atoms with Crippen LogP contribution in [-0.4, -0.2) is 164 Å². The predicted molar refractivity (Wildman–Crippen MR) is 332 cm³/mol. The number of fused-ring (bicyclic) bond motifs is 6. The lowest BCUT2D eigenvalue weighted by atomic mass is 9.86. The van der Waals surface area contributed by atoms with Gasteiger partial charge in [-0.05, 0) is 81.3 Å². The largest absolute Gasteiger partial charge is 0.458 e. The van der Waals surface area contributed by atoms with Crippen molar-refractivity contribution in [2.45, 2.75) is 130 Å². The topological polar surface area (TPSA) is 355 Å². The Kier molecular flexibility index (Phi) is 24.6. The maximum Gasteiger partial charge on any atom is 0.407 e. The fraction of sp³-hybridized carbons (Fsp3) is 0.523. The minimum atomic E-state index is -2.02. The highest BCUT2D eigenvalue weighted by Gasteiger charge is 2.46. The first-order chi connectivity index (χ1) is 44.5. The second kappa shape index (κ2) is 32.6. The van der Waals surface area contributed by atoms with Gasteiger partial charge in [0, 0.05) is 91.8 Å². The average molecular weight is 1300 g/mol. The molecule has 4 aliphatic rings. The Balaban J connectivity index is 0.777. The van der Waals surface area contributed by atoms with Crippen LogP contribution >= 0.6 is 0 Å². The number of hydrogen-bond donors (Lipinski definition) is 6. The van der Waals surface area contributed by atoms with Gasteiger partial charge in [0.1, 0.15) is 18.8 Å². The van der Waals surface area contributed by atoms with Crippen molar-refractivity contribution in [3.63, 3.8) is 0 Å². The van der Waals surface area contributed by atoms with E-state index in [0.717, 1.165) is 4.90 Å². The first-order valence-electron chi connectivity index (χ1n) is 31.2. The molecule has 93 heavy (non-hydrogen) atoms. The van der Waals surface area contributed by atoms with Crippen LogP contribution in [-0.2, 0) is 98.6 Å². The van der Waals surface area contributed by atoms with Gasteiger partial charge < -0.3 is 78.9 Å². The molecule has 28 nitrogen and oxygen atoms in total. The number of ether oxygens (including phenoxy) is 9. The number of aliphatic hydroxyl groups is 1. The molecule has 0 radical (unpaired) electrons. The molecule has 0 saturated carbocycles. The molecular formula is C65H82N8O20. The number of hydrogen-bond acceptors (Lipinski definition) is 21. The van der Waals surface area contributed by atoms with Crippen LogP contribution in [0.15, 0.2) is 59.4 Å². The van der Waals surface area contributed by atoms with E-state index in [9.17, 15) is 53.1 Å². The first-order valence-corrected chi connectivity index (χ1v) is 31.2. The summed E-state index contributed by atoms with van der Waals surface area (Å²) in [6, 6.07) is 10.8. The molecule has 0 fully saturated rings. The summed E-state index contributed by atoms with van der Waals surface area (Å²) in [5, 5.41) is 26.0. The normalized spacial score (nSPS) is 15.9. The van der Waals surface area contributed by atoms with Gasteiger partial charge in [0.05, 0.1) is 87.9 Å². The number of imide groups is 1. The zero-order valence-corrected chi connectivity index (χ0v) is 53.2. The molecule has 28 heteroatoms. The van der Waals surface area contributed by atoms with Crippen molar-refractivity contribution in [2.24, 2.45) is 11.8 Å². The van der Waals surface area contributed by atoms with Crippen molar-refractivity contribution < 1.29 is 90.9 Å². The number of pyridine rings is 2. The van der Waals surface area contributed by atoms with Crippen LogP contribution < -0.4 is 41.6 Å². The van der Waals surface area contributed by atoms with Crippen LogP contribution in [0.1, 0.15) is 114 Å². The second-order valence-electron chi connectivity index (χ2n) is 23.9. The SMILES string of the molecule is CC[C@@]1(O)C(=O)OCc2c1cc1n(c2=O)Cc2c-1nc1cc3c(cc1c2CNC(=O)OCc1ccc(NC(=O)[C@H](CCCCNC(=O)OC(C)(C)C)CC(=O)[C@@H](NC(=O)CCOCCOCCOCCOCCNC(=O)CCN2C(=O)C=CC2=O)C(C)C)cc1)OCO3. The van der Waals surface area contributed by atoms with E-state index in [1.54, 1.807) is 84.0 Å². The third kappa shape index (κ3) is 18.9. The number of unbranched alkanes of at least 4 members (excludes halogenated alkanes) is 1. The van der Waals surface area contributed by atoms with Gasteiger partial charge in [-0.3, -0.25) is 38.5 Å². The molecule has 7 amide bonds. The van der Waals surface area contributed by atoms with E-state index in [-0.39, 0.29) is 140 Å². The van der Waals surface area contributed by atoms with Crippen molar-refractivity contribution in [1.82, 2.24) is 35.7 Å². The molecule has 4 aromatic rings. The smallest absolute Gasteiger partial charge is 0.407 e. The Hall–Kier alpha value is -8.83. The van der Waals surface area contributed by atoms with Gasteiger partial charge in [-0.15, -0.1) is 0 Å². The molecule has 8 rings (SSSR count). The fourth-order valence-corrected chi connectivity index (χ4v) is 10.8. The van der Waals surface area contributed by atoms with Crippen molar-refractivity contribution in [3.8, 4) is 22.9 Å². The van der Waals surface area contributed by atoms with E-state index in [1.807, 2.05) is 0 Å². The van der Waals surface area contributed by atoms with Gasteiger partial charge in [0.2, 0.25) is 24.5 Å². The summed E-state index contributed by atoms with van der Waals surface area (Å²) in [4.78, 5) is 135. The van der Waals surface area contributed by atoms with E-state index < -0.39 is 70.5 Å². The highest BCUT2D eigenvalue weighted by Crippen LogP contribution is 2.43. The number of carbonyl (C=O) groups excluding carboxylic acids is 9. The number of anilines is 1. The molecule has 0 spiro atoms. The van der Waals surface area contributed by atoms with Crippen LogP contribution in [0.2, 0.25) is 0 Å². The van der Waals surface area contributed by atoms with Crippen molar-refractivity contribution in [1.29, 1.82) is 0 Å². The number of nitrogens with zero attached hydrogens (tertiary/aromatic N) is 3. The molecule has 0 unspecified atom stereocenters. The minimum Gasteiger partial charge on any atom is -0.458 e. The minimum absolute atomic E-state index is 0.00302. The van der Waals surface area contributed by atoms with Crippen LogP contribution in [0.3, 0.4) is 0 Å². The number of cyclic esters (lactones) is 1. The number of alkyl carbamates (subject to hydrolysis) is 2. The second-order valence-corrected chi connectivity index (χ2v) is 23.9. The molecule has 2 aromatic heterocycles. The van der Waals surface area contributed by atoms with E-state index in [2.05, 4.69) is 26.6 Å². The highest BCUT2D eigenvalue weighted by molar-refractivity contribution is 6.13. The van der Waals surface area contributed by atoms with Gasteiger partial charge in [-0.2, -0.15) is 0 Å². The van der Waals surface area contributed by atoms with Crippen LogP contribution in [0.25, 0.3) is 22.3 Å². The van der Waals surface area contributed by atoms with E-state index in [4.69, 9.17) is 47.6 Å². The third-order valence-electron chi connectivity index (χ3n) is 15.7. The molecule has 2 aromatic carbocycles. The maximum absolute atomic E-state index is 14.1. The number of Topliss-reactive ketones (excluding diaryl/α,β-unsaturated/α-hetero) is 1. The number of carbonyl (C=O) groups is 9. The lowest BCUT2D eigenvalue weighted by Crippen LogP contribution is -2.45. The number of benzene rings is 2. The van der Waals surface area contributed by atoms with E-state index in [1.165, 1.54) is 16.7 Å². The fourth-order valence-electron chi connectivity index (χ4n) is 10.8. The van der Waals surface area contributed by atoms with Gasteiger partial charge >= 0.3 is 18.2 Å². The van der Waals surface area contributed by atoms with Crippen molar-refractivity contribution >= 4 is 70.1 Å². The molecular weight excluding hydrogens is 1210 g/mol. The molecule has 6 heterocycles. The van der Waals surface area contributed by atoms with E-state index >= 15 is 0 Å². The Morgan fingerprint density at radius 2 is 1.42 bits per heavy atom.